The molecule has 2 atom stereocenters. The van der Waals surface area contributed by atoms with E-state index in [9.17, 15) is 0 Å². The first-order valence-electron chi connectivity index (χ1n) is 3.51. The lowest BCUT2D eigenvalue weighted by atomic mass is 9.95. The maximum Gasteiger partial charge on any atom is 0.271 e. The third kappa shape index (κ3) is 3.10. The second-order valence-electron chi connectivity index (χ2n) is 2.58. The van der Waals surface area contributed by atoms with Gasteiger partial charge in [-0.3, -0.25) is 0 Å². The van der Waals surface area contributed by atoms with Crippen molar-refractivity contribution < 1.29 is 0 Å². The van der Waals surface area contributed by atoms with Gasteiger partial charge >= 0.3 is 0 Å². The van der Waals surface area contributed by atoms with Gasteiger partial charge in [-0.15, -0.1) is 4.67 Å². The minimum absolute atomic E-state index is 0.576. The monoisotopic (exact) mass is 126 g/mol. The predicted molar refractivity (Wildman–Crippen MR) is 43.9 cm³/mol. The molecule has 0 fully saturated rings. The van der Waals surface area contributed by atoms with Crippen LogP contribution >= 0.6 is 0 Å². The van der Waals surface area contributed by atoms with Crippen LogP contribution in [-0.2, 0) is 0 Å². The van der Waals surface area contributed by atoms with Gasteiger partial charge in [0.05, 0.1) is 5.92 Å². The van der Waals surface area contributed by atoms with Gasteiger partial charge in [-0.1, -0.05) is 27.2 Å². The van der Waals surface area contributed by atoms with Crippen LogP contribution in [0.25, 0.3) is 0 Å². The summed E-state index contributed by atoms with van der Waals surface area (Å²) in [4.78, 5) is 0. The Morgan fingerprint density at radius 2 is 2.11 bits per heavy atom. The van der Waals surface area contributed by atoms with E-state index < -0.39 is 0 Å². The van der Waals surface area contributed by atoms with E-state index in [-0.39, 0.29) is 0 Å². The zero-order chi connectivity index (χ0) is 7.28. The summed E-state index contributed by atoms with van der Waals surface area (Å²) in [6.45, 7) is 10.0. The Balaban J connectivity index is 3.71. The van der Waals surface area contributed by atoms with Crippen molar-refractivity contribution in [1.29, 1.82) is 0 Å². The third-order valence-electron chi connectivity index (χ3n) is 1.88. The molecule has 0 aromatic carbocycles. The van der Waals surface area contributed by atoms with Gasteiger partial charge < -0.3 is 0 Å². The summed E-state index contributed by atoms with van der Waals surface area (Å²) < 4.78 is 3.73. The SMILES string of the molecule is C=[N+]=CC(C)C(C)CC. The van der Waals surface area contributed by atoms with E-state index in [4.69, 9.17) is 0 Å². The average molecular weight is 126 g/mol. The highest BCUT2D eigenvalue weighted by molar-refractivity contribution is 5.61. The molecule has 1 nitrogen and oxygen atoms in total. The third-order valence-corrected chi connectivity index (χ3v) is 1.88. The molecule has 0 amide bonds. The van der Waals surface area contributed by atoms with Crippen LogP contribution in [0.15, 0.2) is 0 Å². The fourth-order valence-corrected chi connectivity index (χ4v) is 0.685. The van der Waals surface area contributed by atoms with Crippen molar-refractivity contribution in [2.75, 3.05) is 0 Å². The molecule has 0 aromatic rings. The van der Waals surface area contributed by atoms with Crippen molar-refractivity contribution in [2.45, 2.75) is 27.2 Å². The van der Waals surface area contributed by atoms with E-state index in [0.29, 0.717) is 5.92 Å². The van der Waals surface area contributed by atoms with Crippen molar-refractivity contribution in [3.63, 3.8) is 0 Å². The van der Waals surface area contributed by atoms with Crippen LogP contribution in [0.5, 0.6) is 0 Å². The Kier molecular flexibility index (Phi) is 4.08. The van der Waals surface area contributed by atoms with Crippen LogP contribution in [0, 0.1) is 11.8 Å². The molecule has 0 aliphatic rings. The fourth-order valence-electron chi connectivity index (χ4n) is 0.685. The second kappa shape index (κ2) is 4.34. The first kappa shape index (κ1) is 8.45. The van der Waals surface area contributed by atoms with Gasteiger partial charge in [-0.25, -0.2) is 0 Å². The summed E-state index contributed by atoms with van der Waals surface area (Å²) in [5, 5.41) is 0. The minimum atomic E-state index is 0.576. The molecule has 0 spiro atoms. The van der Waals surface area contributed by atoms with Crippen LogP contribution in [-0.4, -0.2) is 12.9 Å². The first-order valence-corrected chi connectivity index (χ1v) is 3.51. The van der Waals surface area contributed by atoms with Gasteiger partial charge in [0.1, 0.15) is 0 Å². The van der Waals surface area contributed by atoms with Gasteiger partial charge in [0.25, 0.3) is 12.9 Å². The summed E-state index contributed by atoms with van der Waals surface area (Å²) in [7, 11) is 0. The highest BCUT2D eigenvalue weighted by atomic mass is 14.5. The molecular weight excluding hydrogens is 110 g/mol. The summed E-state index contributed by atoms with van der Waals surface area (Å²) >= 11 is 0. The predicted octanol–water partition coefficient (Wildman–Crippen LogP) is 1.51. The Morgan fingerprint density at radius 3 is 2.44 bits per heavy atom. The van der Waals surface area contributed by atoms with Crippen LogP contribution in [0.3, 0.4) is 0 Å². The average Bonchev–Trinajstić information content (AvgIpc) is 1.87. The van der Waals surface area contributed by atoms with Gasteiger partial charge in [-0.2, -0.15) is 0 Å². The van der Waals surface area contributed by atoms with Crippen molar-refractivity contribution in [2.24, 2.45) is 11.8 Å². The highest BCUT2D eigenvalue weighted by Gasteiger charge is 2.10. The molecule has 52 valence electrons. The standard InChI is InChI=1S/C8H16N/c1-5-7(2)8(3)6-9-4/h6-8H,4-5H2,1-3H3/q+1. The molecule has 0 saturated heterocycles. The minimum Gasteiger partial charge on any atom is -0.114 e. The Labute approximate surface area is 57.5 Å². The van der Waals surface area contributed by atoms with Crippen molar-refractivity contribution in [3.05, 3.63) is 0 Å². The first-order chi connectivity index (χ1) is 4.22. The maximum atomic E-state index is 3.73. The van der Waals surface area contributed by atoms with Crippen LogP contribution in [0.2, 0.25) is 0 Å². The van der Waals surface area contributed by atoms with Crippen LogP contribution in [0.4, 0.5) is 0 Å². The number of nitrogens with zero attached hydrogens (tertiary/aromatic N) is 1. The molecule has 2 unspecified atom stereocenters. The zero-order valence-corrected chi connectivity index (χ0v) is 6.59. The van der Waals surface area contributed by atoms with Gasteiger partial charge in [0.2, 0.25) is 0 Å². The Bertz CT molecular complexity index is 112. The number of hydrogen-bond acceptors (Lipinski definition) is 0. The summed E-state index contributed by atoms with van der Waals surface area (Å²) in [6.07, 6.45) is 3.13. The molecule has 0 heterocycles. The Morgan fingerprint density at radius 1 is 1.56 bits per heavy atom. The summed E-state index contributed by atoms with van der Waals surface area (Å²) in [5.41, 5.74) is 0. The Hall–Kier alpha value is -0.550. The molecule has 0 saturated carbocycles. The highest BCUT2D eigenvalue weighted by Crippen LogP contribution is 2.10. The van der Waals surface area contributed by atoms with Gasteiger partial charge in [0.15, 0.2) is 0 Å². The van der Waals surface area contributed by atoms with Crippen molar-refractivity contribution in [1.82, 2.24) is 4.67 Å². The molecule has 0 aliphatic carbocycles. The summed E-state index contributed by atoms with van der Waals surface area (Å²) in [6, 6.07) is 0. The topological polar surface area (TPSA) is 14.1 Å². The quantitative estimate of drug-likeness (QED) is 0.402. The van der Waals surface area contributed by atoms with E-state index in [2.05, 4.69) is 32.2 Å². The molecule has 0 aromatic heterocycles. The molecule has 0 radical (unpaired) electrons. The smallest absolute Gasteiger partial charge is 0.114 e. The lowest BCUT2D eigenvalue weighted by Crippen LogP contribution is -2.08. The molecule has 0 bridgehead atoms. The molecule has 0 rings (SSSR count). The molecule has 9 heavy (non-hydrogen) atoms. The van der Waals surface area contributed by atoms with E-state index >= 15 is 0 Å². The van der Waals surface area contributed by atoms with Crippen molar-refractivity contribution >= 4 is 12.9 Å². The molecular formula is C8H16N+. The number of rotatable bonds is 3. The largest absolute Gasteiger partial charge is 0.271 e. The molecule has 1 heteroatoms. The van der Waals surface area contributed by atoms with E-state index in [0.717, 1.165) is 5.92 Å². The van der Waals surface area contributed by atoms with Gasteiger partial charge in [0, 0.05) is 0 Å². The zero-order valence-electron chi connectivity index (χ0n) is 6.59. The normalized spacial score (nSPS) is 15.9. The maximum absolute atomic E-state index is 3.73. The van der Waals surface area contributed by atoms with E-state index in [1.165, 1.54) is 6.42 Å². The lowest BCUT2D eigenvalue weighted by Gasteiger charge is -2.07. The second-order valence-corrected chi connectivity index (χ2v) is 2.58. The fraction of sp³-hybridized carbons (Fsp3) is 0.750. The lowest BCUT2D eigenvalue weighted by molar-refractivity contribution is 0.476. The van der Waals surface area contributed by atoms with Crippen LogP contribution in [0.1, 0.15) is 27.2 Å². The number of hydrogen-bond donors (Lipinski definition) is 0. The molecule has 0 N–H and O–H groups in total. The molecule has 0 aliphatic heterocycles. The van der Waals surface area contributed by atoms with E-state index in [1.807, 2.05) is 6.21 Å². The van der Waals surface area contributed by atoms with Crippen molar-refractivity contribution in [3.8, 4) is 0 Å². The van der Waals surface area contributed by atoms with Gasteiger partial charge in [-0.05, 0) is 5.92 Å². The van der Waals surface area contributed by atoms with E-state index in [1.54, 1.807) is 0 Å². The summed E-state index contributed by atoms with van der Waals surface area (Å²) in [5.74, 6) is 1.31. The van der Waals surface area contributed by atoms with Crippen LogP contribution < -0.4 is 4.67 Å².